The molecule has 0 saturated carbocycles. The average Bonchev–Trinajstić information content (AvgIpc) is 1.96. The molecule has 0 aromatic carbocycles. The molecule has 1 unspecified atom stereocenters. The van der Waals surface area contributed by atoms with E-state index in [9.17, 15) is 14.7 Å². The second kappa shape index (κ2) is 7.89. The van der Waals surface area contributed by atoms with Gasteiger partial charge in [0.2, 0.25) is 0 Å². The number of amides is 1. The van der Waals surface area contributed by atoms with E-state index in [0.29, 0.717) is 0 Å². The van der Waals surface area contributed by atoms with Gasteiger partial charge in [0.15, 0.2) is 0 Å². The maximum Gasteiger partial charge on any atom is 1.00 e. The standard InChI is InChI=1S/C9H17NO5.Na.H/c1-9(2,3)15-8(14)10-6(11)4-5-7(12)13;;/h6,11H,4-5H2,1-3H3,(H,10,14)(H,12,13);;/q;+1;-1. The number of aliphatic carboxylic acids is 1. The monoisotopic (exact) mass is 243 g/mol. The fourth-order valence-electron chi connectivity index (χ4n) is 0.776. The summed E-state index contributed by atoms with van der Waals surface area (Å²) in [5.41, 5.74) is -0.642. The van der Waals surface area contributed by atoms with Crippen molar-refractivity contribution in [1.29, 1.82) is 0 Å². The zero-order valence-corrected chi connectivity index (χ0v) is 12.1. The van der Waals surface area contributed by atoms with E-state index < -0.39 is 23.9 Å². The molecular weight excluding hydrogens is 225 g/mol. The van der Waals surface area contributed by atoms with Crippen LogP contribution in [0.4, 0.5) is 4.79 Å². The minimum atomic E-state index is -1.20. The van der Waals surface area contributed by atoms with Crippen LogP contribution in [0.3, 0.4) is 0 Å². The summed E-state index contributed by atoms with van der Waals surface area (Å²) in [7, 11) is 0. The van der Waals surface area contributed by atoms with E-state index in [1.807, 2.05) is 0 Å². The zero-order chi connectivity index (χ0) is 12.1. The summed E-state index contributed by atoms with van der Waals surface area (Å²) < 4.78 is 4.86. The van der Waals surface area contributed by atoms with Gasteiger partial charge in [-0.3, -0.25) is 10.1 Å². The first-order chi connectivity index (χ1) is 6.70. The number of hydrogen-bond donors (Lipinski definition) is 3. The first-order valence-electron chi connectivity index (χ1n) is 4.60. The smallest absolute Gasteiger partial charge is 1.00 e. The van der Waals surface area contributed by atoms with E-state index in [1.54, 1.807) is 20.8 Å². The number of aliphatic hydroxyl groups is 1. The molecule has 1 amide bonds. The molecule has 0 aromatic rings. The number of nitrogens with one attached hydrogen (secondary N) is 1. The first kappa shape index (κ1) is 18.1. The van der Waals surface area contributed by atoms with Crippen molar-refractivity contribution in [3.05, 3.63) is 0 Å². The van der Waals surface area contributed by atoms with Crippen molar-refractivity contribution in [2.24, 2.45) is 0 Å². The van der Waals surface area contributed by atoms with E-state index >= 15 is 0 Å². The van der Waals surface area contributed by atoms with Crippen molar-refractivity contribution < 1.29 is 55.5 Å². The van der Waals surface area contributed by atoms with Crippen LogP contribution in [-0.4, -0.2) is 34.1 Å². The van der Waals surface area contributed by atoms with Gasteiger partial charge in [-0.2, -0.15) is 0 Å². The molecule has 0 radical (unpaired) electrons. The second-order valence-electron chi connectivity index (χ2n) is 4.09. The third-order valence-corrected chi connectivity index (χ3v) is 1.31. The van der Waals surface area contributed by atoms with Crippen molar-refractivity contribution in [3.8, 4) is 0 Å². The molecule has 0 saturated heterocycles. The number of hydrogen-bond acceptors (Lipinski definition) is 4. The van der Waals surface area contributed by atoms with Crippen LogP contribution in [0.1, 0.15) is 35.0 Å². The molecule has 0 heterocycles. The molecule has 0 aliphatic heterocycles. The van der Waals surface area contributed by atoms with Gasteiger partial charge in [-0.25, -0.2) is 4.79 Å². The Bertz CT molecular complexity index is 244. The Hall–Kier alpha value is -0.300. The molecule has 0 bridgehead atoms. The van der Waals surface area contributed by atoms with Gasteiger partial charge in [0, 0.05) is 12.8 Å². The summed E-state index contributed by atoms with van der Waals surface area (Å²) in [5.74, 6) is -1.03. The molecule has 0 rings (SSSR count). The number of carbonyl (C=O) groups excluding carboxylic acids is 1. The van der Waals surface area contributed by atoms with Crippen LogP contribution in [0.15, 0.2) is 0 Å². The van der Waals surface area contributed by atoms with Crippen molar-refractivity contribution in [3.63, 3.8) is 0 Å². The fourth-order valence-corrected chi connectivity index (χ4v) is 0.776. The van der Waals surface area contributed by atoms with Crippen LogP contribution < -0.4 is 34.9 Å². The van der Waals surface area contributed by atoms with Crippen LogP contribution in [0.2, 0.25) is 0 Å². The number of ether oxygens (including phenoxy) is 1. The Labute approximate surface area is 118 Å². The van der Waals surface area contributed by atoms with Crippen LogP contribution >= 0.6 is 0 Å². The average molecular weight is 243 g/mol. The van der Waals surface area contributed by atoms with Crippen LogP contribution in [-0.2, 0) is 9.53 Å². The van der Waals surface area contributed by atoms with E-state index in [0.717, 1.165) is 0 Å². The number of carboxylic acid groups (broad SMARTS) is 1. The molecule has 3 N–H and O–H groups in total. The quantitative estimate of drug-likeness (QED) is 0.385. The van der Waals surface area contributed by atoms with Gasteiger partial charge in [0.05, 0.1) is 0 Å². The van der Waals surface area contributed by atoms with Gasteiger partial charge < -0.3 is 16.4 Å². The van der Waals surface area contributed by atoms with Crippen molar-refractivity contribution >= 4 is 12.1 Å². The minimum Gasteiger partial charge on any atom is -1.00 e. The van der Waals surface area contributed by atoms with Gasteiger partial charge in [-0.05, 0) is 20.8 Å². The third-order valence-electron chi connectivity index (χ3n) is 1.31. The molecule has 90 valence electrons. The summed E-state index contributed by atoms with van der Waals surface area (Å²) in [4.78, 5) is 21.2. The molecule has 0 aliphatic rings. The van der Waals surface area contributed by atoms with Crippen LogP contribution in [0.25, 0.3) is 0 Å². The Morgan fingerprint density at radius 3 is 2.31 bits per heavy atom. The number of carboxylic acids is 1. The third kappa shape index (κ3) is 11.8. The van der Waals surface area contributed by atoms with E-state index in [2.05, 4.69) is 5.32 Å². The van der Waals surface area contributed by atoms with Gasteiger partial charge in [-0.15, -0.1) is 0 Å². The Morgan fingerprint density at radius 2 is 1.94 bits per heavy atom. The van der Waals surface area contributed by atoms with Gasteiger partial charge in [0.25, 0.3) is 0 Å². The Balaban J connectivity index is -0.000000980. The normalized spacial score (nSPS) is 12.2. The second-order valence-corrected chi connectivity index (χ2v) is 4.09. The summed E-state index contributed by atoms with van der Waals surface area (Å²) in [5, 5.41) is 19.6. The van der Waals surface area contributed by atoms with E-state index in [-0.39, 0.29) is 43.8 Å². The number of rotatable bonds is 4. The molecule has 6 nitrogen and oxygen atoms in total. The summed E-state index contributed by atoms with van der Waals surface area (Å²) in [6.45, 7) is 5.07. The zero-order valence-electron chi connectivity index (χ0n) is 11.1. The molecule has 0 fully saturated rings. The molecule has 0 aliphatic carbocycles. The number of alkyl carbamates (subject to hydrolysis) is 1. The molecular formula is C9H18NNaO5. The summed E-state index contributed by atoms with van der Waals surface area (Å²) in [6, 6.07) is 0. The number of carbonyl (C=O) groups is 2. The molecule has 16 heavy (non-hydrogen) atoms. The summed E-state index contributed by atoms with van der Waals surface area (Å²) in [6.07, 6.45) is -2.22. The van der Waals surface area contributed by atoms with Crippen LogP contribution in [0, 0.1) is 0 Å². The maximum atomic E-state index is 11.1. The van der Waals surface area contributed by atoms with Gasteiger partial charge in [0.1, 0.15) is 11.8 Å². The van der Waals surface area contributed by atoms with Gasteiger partial charge >= 0.3 is 41.6 Å². The largest absolute Gasteiger partial charge is 1.00 e. The van der Waals surface area contributed by atoms with Crippen molar-refractivity contribution in [2.45, 2.75) is 45.4 Å². The van der Waals surface area contributed by atoms with E-state index in [1.165, 1.54) is 0 Å². The first-order valence-corrected chi connectivity index (χ1v) is 4.60. The van der Waals surface area contributed by atoms with Crippen LogP contribution in [0.5, 0.6) is 0 Å². The molecule has 0 spiro atoms. The molecule has 7 heteroatoms. The fraction of sp³-hybridized carbons (Fsp3) is 0.778. The molecule has 1 atom stereocenters. The predicted molar refractivity (Wildman–Crippen MR) is 53.4 cm³/mol. The number of aliphatic hydroxyl groups excluding tert-OH is 1. The maximum absolute atomic E-state index is 11.1. The van der Waals surface area contributed by atoms with E-state index in [4.69, 9.17) is 9.84 Å². The van der Waals surface area contributed by atoms with Gasteiger partial charge in [-0.1, -0.05) is 0 Å². The van der Waals surface area contributed by atoms with Crippen molar-refractivity contribution in [1.82, 2.24) is 5.32 Å². The topological polar surface area (TPSA) is 95.9 Å². The predicted octanol–water partition coefficient (Wildman–Crippen LogP) is -2.19. The summed E-state index contributed by atoms with van der Waals surface area (Å²) >= 11 is 0. The minimum absolute atomic E-state index is 0. The Kier molecular flexibility index (Phi) is 8.91. The molecule has 0 aromatic heterocycles. The Morgan fingerprint density at radius 1 is 1.44 bits per heavy atom. The SMILES string of the molecule is CC(C)(C)OC(=O)NC(O)CCC(=O)O.[H-].[Na+]. The van der Waals surface area contributed by atoms with Crippen molar-refractivity contribution in [2.75, 3.05) is 0 Å².